The number of rotatable bonds is 4. The third kappa shape index (κ3) is 2.77. The lowest BCUT2D eigenvalue weighted by Gasteiger charge is -2.48. The van der Waals surface area contributed by atoms with Crippen molar-refractivity contribution in [3.05, 3.63) is 34.1 Å². The normalized spacial score (nSPS) is 20.1. The zero-order chi connectivity index (χ0) is 14.8. The van der Waals surface area contributed by atoms with E-state index in [0.717, 1.165) is 25.7 Å². The van der Waals surface area contributed by atoms with E-state index in [1.807, 2.05) is 12.1 Å². The first kappa shape index (κ1) is 15.9. The number of nitrogens with one attached hydrogen (secondary N) is 1. The van der Waals surface area contributed by atoms with Gasteiger partial charge < -0.3 is 4.90 Å². The summed E-state index contributed by atoms with van der Waals surface area (Å²) in [6, 6.07) is 5.19. The minimum atomic E-state index is -0.220. The molecule has 1 aromatic rings. The Labute approximate surface area is 128 Å². The SMILES string of the molecule is CN(C)C1(C(NN)c2cccc(Br)c2F)CCCCC1. The van der Waals surface area contributed by atoms with Crippen LogP contribution in [0.15, 0.2) is 22.7 Å². The fraction of sp³-hybridized carbons (Fsp3) is 0.600. The second-order valence-electron chi connectivity index (χ2n) is 5.80. The van der Waals surface area contributed by atoms with Gasteiger partial charge in [0, 0.05) is 11.1 Å². The number of likely N-dealkylation sites (N-methyl/N-ethyl adjacent to an activating group) is 1. The predicted molar refractivity (Wildman–Crippen MR) is 83.7 cm³/mol. The van der Waals surface area contributed by atoms with Gasteiger partial charge in [-0.25, -0.2) is 4.39 Å². The summed E-state index contributed by atoms with van der Waals surface area (Å²) < 4.78 is 15.0. The van der Waals surface area contributed by atoms with E-state index in [2.05, 4.69) is 40.4 Å². The molecule has 0 radical (unpaired) electrons. The highest BCUT2D eigenvalue weighted by molar-refractivity contribution is 9.10. The quantitative estimate of drug-likeness (QED) is 0.650. The van der Waals surface area contributed by atoms with Crippen LogP contribution in [0.1, 0.15) is 43.7 Å². The standard InChI is InChI=1S/C15H23BrFN3/c1-20(2)15(9-4-3-5-10-15)14(19-18)11-7-6-8-12(16)13(11)17/h6-8,14,19H,3-5,9-10,18H2,1-2H3. The van der Waals surface area contributed by atoms with Crippen molar-refractivity contribution in [1.82, 2.24) is 10.3 Å². The van der Waals surface area contributed by atoms with Gasteiger partial charge in [0.15, 0.2) is 0 Å². The highest BCUT2D eigenvalue weighted by atomic mass is 79.9. The zero-order valence-electron chi connectivity index (χ0n) is 12.1. The molecule has 3 N–H and O–H groups in total. The van der Waals surface area contributed by atoms with Gasteiger partial charge in [0.2, 0.25) is 0 Å². The molecule has 20 heavy (non-hydrogen) atoms. The molecule has 1 aromatic carbocycles. The molecule has 3 nitrogen and oxygen atoms in total. The topological polar surface area (TPSA) is 41.3 Å². The average molecular weight is 344 g/mol. The summed E-state index contributed by atoms with van der Waals surface area (Å²) >= 11 is 3.27. The molecule has 0 amide bonds. The Kier molecular flexibility index (Phi) is 5.18. The molecule has 1 unspecified atom stereocenters. The Balaban J connectivity index is 2.45. The summed E-state index contributed by atoms with van der Waals surface area (Å²) in [5.74, 6) is 5.60. The van der Waals surface area contributed by atoms with Crippen LogP contribution in [0, 0.1) is 5.82 Å². The van der Waals surface area contributed by atoms with E-state index in [4.69, 9.17) is 5.84 Å². The lowest BCUT2D eigenvalue weighted by Crippen LogP contribution is -2.56. The maximum atomic E-state index is 14.5. The minimum absolute atomic E-state index is 0.130. The smallest absolute Gasteiger partial charge is 0.142 e. The van der Waals surface area contributed by atoms with E-state index in [1.165, 1.54) is 6.42 Å². The van der Waals surface area contributed by atoms with Gasteiger partial charge in [0.1, 0.15) is 5.82 Å². The van der Waals surface area contributed by atoms with Gasteiger partial charge in [-0.05, 0) is 48.9 Å². The van der Waals surface area contributed by atoms with Crippen LogP contribution < -0.4 is 11.3 Å². The van der Waals surface area contributed by atoms with Crippen LogP contribution in [0.5, 0.6) is 0 Å². The fourth-order valence-corrected chi connectivity index (χ4v) is 3.82. The number of nitrogens with zero attached hydrogens (tertiary/aromatic N) is 1. The fourth-order valence-electron chi connectivity index (χ4n) is 3.44. The second-order valence-corrected chi connectivity index (χ2v) is 6.66. The van der Waals surface area contributed by atoms with Gasteiger partial charge in [-0.1, -0.05) is 31.4 Å². The molecule has 0 aliphatic heterocycles. The highest BCUT2D eigenvalue weighted by Gasteiger charge is 2.43. The van der Waals surface area contributed by atoms with Gasteiger partial charge in [0.25, 0.3) is 0 Å². The Bertz CT molecular complexity index is 458. The molecule has 1 aliphatic carbocycles. The molecule has 1 saturated carbocycles. The number of hydrogen-bond acceptors (Lipinski definition) is 3. The molecular weight excluding hydrogens is 321 g/mol. The van der Waals surface area contributed by atoms with Crippen LogP contribution in [0.4, 0.5) is 4.39 Å². The second kappa shape index (κ2) is 6.52. The lowest BCUT2D eigenvalue weighted by molar-refractivity contribution is 0.0550. The predicted octanol–water partition coefficient (Wildman–Crippen LogP) is 3.36. The van der Waals surface area contributed by atoms with Crippen LogP contribution in [-0.2, 0) is 0 Å². The lowest BCUT2D eigenvalue weighted by atomic mass is 9.73. The van der Waals surface area contributed by atoms with E-state index in [1.54, 1.807) is 6.07 Å². The third-order valence-corrected chi connectivity index (χ3v) is 5.22. The van der Waals surface area contributed by atoms with Crippen molar-refractivity contribution < 1.29 is 4.39 Å². The first-order valence-electron chi connectivity index (χ1n) is 7.10. The molecule has 0 aromatic heterocycles. The van der Waals surface area contributed by atoms with E-state index in [9.17, 15) is 4.39 Å². The third-order valence-electron chi connectivity index (χ3n) is 4.61. The van der Waals surface area contributed by atoms with Crippen molar-refractivity contribution in [2.75, 3.05) is 14.1 Å². The van der Waals surface area contributed by atoms with E-state index >= 15 is 0 Å². The average Bonchev–Trinajstić information content (AvgIpc) is 2.45. The number of hydrogen-bond donors (Lipinski definition) is 2. The molecule has 112 valence electrons. The van der Waals surface area contributed by atoms with Crippen molar-refractivity contribution in [1.29, 1.82) is 0 Å². The maximum Gasteiger partial charge on any atom is 0.142 e. The largest absolute Gasteiger partial charge is 0.302 e. The molecule has 0 spiro atoms. The summed E-state index contributed by atoms with van der Waals surface area (Å²) in [4.78, 5) is 2.21. The van der Waals surface area contributed by atoms with Crippen LogP contribution >= 0.6 is 15.9 Å². The molecule has 0 bridgehead atoms. The van der Waals surface area contributed by atoms with Crippen molar-refractivity contribution >= 4 is 15.9 Å². The monoisotopic (exact) mass is 343 g/mol. The summed E-state index contributed by atoms with van der Waals surface area (Å²) in [5.41, 5.74) is 3.38. The van der Waals surface area contributed by atoms with Gasteiger partial charge in [-0.15, -0.1) is 0 Å². The molecule has 0 heterocycles. The molecular formula is C15H23BrFN3. The molecule has 2 rings (SSSR count). The van der Waals surface area contributed by atoms with E-state index < -0.39 is 0 Å². The maximum absolute atomic E-state index is 14.5. The van der Waals surface area contributed by atoms with Crippen molar-refractivity contribution in [3.8, 4) is 0 Å². The summed E-state index contributed by atoms with van der Waals surface area (Å²) in [6.07, 6.45) is 5.62. The number of nitrogens with two attached hydrogens (primary N) is 1. The molecule has 1 fully saturated rings. The molecule has 0 saturated heterocycles. The first-order valence-corrected chi connectivity index (χ1v) is 7.89. The highest BCUT2D eigenvalue weighted by Crippen LogP contribution is 2.42. The van der Waals surface area contributed by atoms with Gasteiger partial charge in [-0.3, -0.25) is 11.3 Å². The van der Waals surface area contributed by atoms with Crippen LogP contribution in [0.2, 0.25) is 0 Å². The molecule has 1 aliphatic rings. The summed E-state index contributed by atoms with van der Waals surface area (Å²) in [5, 5.41) is 0. The van der Waals surface area contributed by atoms with Gasteiger partial charge >= 0.3 is 0 Å². The summed E-state index contributed by atoms with van der Waals surface area (Å²) in [7, 11) is 4.12. The minimum Gasteiger partial charge on any atom is -0.302 e. The molecule has 5 heteroatoms. The van der Waals surface area contributed by atoms with Crippen LogP contribution in [0.3, 0.4) is 0 Å². The van der Waals surface area contributed by atoms with Crippen molar-refractivity contribution in [2.24, 2.45) is 5.84 Å². The number of halogens is 2. The zero-order valence-corrected chi connectivity index (χ0v) is 13.7. The van der Waals surface area contributed by atoms with Crippen molar-refractivity contribution in [3.63, 3.8) is 0 Å². The number of hydrazine groups is 1. The Morgan fingerprint density at radius 1 is 1.30 bits per heavy atom. The molecule has 1 atom stereocenters. The van der Waals surface area contributed by atoms with E-state index in [0.29, 0.717) is 10.0 Å². The van der Waals surface area contributed by atoms with Crippen molar-refractivity contribution in [2.45, 2.75) is 43.7 Å². The Morgan fingerprint density at radius 2 is 1.95 bits per heavy atom. The van der Waals surface area contributed by atoms with Gasteiger partial charge in [0.05, 0.1) is 10.5 Å². The van der Waals surface area contributed by atoms with Crippen LogP contribution in [0.25, 0.3) is 0 Å². The number of benzene rings is 1. The Hall–Kier alpha value is -0.490. The van der Waals surface area contributed by atoms with Crippen LogP contribution in [-0.4, -0.2) is 24.5 Å². The van der Waals surface area contributed by atoms with E-state index in [-0.39, 0.29) is 17.4 Å². The summed E-state index contributed by atoms with van der Waals surface area (Å²) in [6.45, 7) is 0. The first-order chi connectivity index (χ1) is 9.53. The van der Waals surface area contributed by atoms with Gasteiger partial charge in [-0.2, -0.15) is 0 Å². The Morgan fingerprint density at radius 3 is 2.50 bits per heavy atom.